The van der Waals surface area contributed by atoms with Crippen LogP contribution in [0.15, 0.2) is 42.7 Å². The van der Waals surface area contributed by atoms with Crippen molar-refractivity contribution in [2.24, 2.45) is 7.05 Å². The smallest absolute Gasteiger partial charge is 0.0756 e. The van der Waals surface area contributed by atoms with Gasteiger partial charge in [0.2, 0.25) is 0 Å². The van der Waals surface area contributed by atoms with Crippen LogP contribution >= 0.6 is 0 Å². The number of nitrogens with zero attached hydrogens (tertiary/aromatic N) is 3. The van der Waals surface area contributed by atoms with E-state index in [1.54, 1.807) is 0 Å². The van der Waals surface area contributed by atoms with Gasteiger partial charge in [0.05, 0.1) is 17.4 Å². The third kappa shape index (κ3) is 2.68. The molecule has 3 rings (SSSR count). The summed E-state index contributed by atoms with van der Waals surface area (Å²) in [5, 5.41) is 8.09. The molecule has 0 amide bonds. The summed E-state index contributed by atoms with van der Waals surface area (Å²) in [6.07, 6.45) is 5.21. The van der Waals surface area contributed by atoms with Crippen LogP contribution < -0.4 is 10.2 Å². The number of nitrogens with one attached hydrogen (secondary N) is 1. The highest BCUT2D eigenvalue weighted by Gasteiger charge is 2.36. The molecule has 2 atom stereocenters. The zero-order valence-electron chi connectivity index (χ0n) is 13.1. The van der Waals surface area contributed by atoms with Gasteiger partial charge in [-0.15, -0.1) is 0 Å². The highest BCUT2D eigenvalue weighted by molar-refractivity contribution is 5.46. The van der Waals surface area contributed by atoms with Gasteiger partial charge >= 0.3 is 0 Å². The van der Waals surface area contributed by atoms with Crippen molar-refractivity contribution in [1.29, 1.82) is 0 Å². The van der Waals surface area contributed by atoms with Crippen LogP contribution in [0.25, 0.3) is 0 Å². The van der Waals surface area contributed by atoms with Gasteiger partial charge in [-0.3, -0.25) is 4.68 Å². The number of piperazine rings is 1. The third-order valence-corrected chi connectivity index (χ3v) is 4.56. The quantitative estimate of drug-likeness (QED) is 0.940. The number of rotatable bonds is 3. The molecular formula is C17H24N4. The molecule has 2 unspecified atom stereocenters. The fourth-order valence-corrected chi connectivity index (χ4v) is 3.20. The predicted octanol–water partition coefficient (Wildman–Crippen LogP) is 2.52. The molecule has 4 heteroatoms. The minimum Gasteiger partial charge on any atom is -0.363 e. The zero-order valence-corrected chi connectivity index (χ0v) is 13.1. The molecule has 0 saturated carbocycles. The van der Waals surface area contributed by atoms with Gasteiger partial charge in [-0.2, -0.15) is 5.10 Å². The van der Waals surface area contributed by atoms with E-state index in [-0.39, 0.29) is 5.54 Å². The van der Waals surface area contributed by atoms with Crippen LogP contribution in [0.4, 0.5) is 5.69 Å². The molecule has 0 radical (unpaired) electrons. The van der Waals surface area contributed by atoms with Crippen molar-refractivity contribution in [3.63, 3.8) is 0 Å². The van der Waals surface area contributed by atoms with E-state index in [0.29, 0.717) is 6.04 Å². The lowest BCUT2D eigenvalue weighted by Gasteiger charge is -2.47. The number of aryl methyl sites for hydroxylation is 1. The second-order valence-corrected chi connectivity index (χ2v) is 6.14. The average molecular weight is 284 g/mol. The maximum Gasteiger partial charge on any atom is 0.0756 e. The molecule has 1 aliphatic rings. The Balaban J connectivity index is 1.91. The molecule has 0 spiro atoms. The van der Waals surface area contributed by atoms with Crippen LogP contribution in [0.2, 0.25) is 0 Å². The Morgan fingerprint density at radius 2 is 2.10 bits per heavy atom. The minimum absolute atomic E-state index is 0.0250. The monoisotopic (exact) mass is 284 g/mol. The highest BCUT2D eigenvalue weighted by Crippen LogP contribution is 2.30. The summed E-state index contributed by atoms with van der Waals surface area (Å²) in [6.45, 7) is 6.50. The van der Waals surface area contributed by atoms with E-state index in [4.69, 9.17) is 0 Å². The molecule has 21 heavy (non-hydrogen) atoms. The molecule has 1 aliphatic heterocycles. The van der Waals surface area contributed by atoms with E-state index in [9.17, 15) is 0 Å². The lowest BCUT2D eigenvalue weighted by molar-refractivity contribution is 0.288. The fraction of sp³-hybridized carbons (Fsp3) is 0.471. The van der Waals surface area contributed by atoms with Crippen molar-refractivity contribution < 1.29 is 0 Å². The Kier molecular flexibility index (Phi) is 3.72. The van der Waals surface area contributed by atoms with Gasteiger partial charge in [-0.1, -0.05) is 37.3 Å². The largest absolute Gasteiger partial charge is 0.363 e. The first kappa shape index (κ1) is 14.1. The maximum atomic E-state index is 4.34. The number of aromatic nitrogens is 2. The number of benzene rings is 1. The SMILES string of the molecule is CCC1CNC(C)(c2ccccc2)CN1c1cnn(C)c1. The first-order chi connectivity index (χ1) is 10.1. The molecule has 1 saturated heterocycles. The van der Waals surface area contributed by atoms with Crippen molar-refractivity contribution in [1.82, 2.24) is 15.1 Å². The van der Waals surface area contributed by atoms with Gasteiger partial charge in [0, 0.05) is 32.4 Å². The van der Waals surface area contributed by atoms with Crippen molar-refractivity contribution in [2.45, 2.75) is 31.8 Å². The van der Waals surface area contributed by atoms with E-state index in [1.165, 1.54) is 11.3 Å². The van der Waals surface area contributed by atoms with Crippen LogP contribution in [0.3, 0.4) is 0 Å². The normalized spacial score (nSPS) is 26.0. The summed E-state index contributed by atoms with van der Waals surface area (Å²) in [5.74, 6) is 0. The highest BCUT2D eigenvalue weighted by atomic mass is 15.3. The molecule has 4 nitrogen and oxygen atoms in total. The van der Waals surface area contributed by atoms with Gasteiger partial charge in [-0.05, 0) is 18.9 Å². The number of anilines is 1. The van der Waals surface area contributed by atoms with Crippen LogP contribution in [-0.4, -0.2) is 28.9 Å². The number of hydrogen-bond acceptors (Lipinski definition) is 3. The van der Waals surface area contributed by atoms with Gasteiger partial charge in [-0.25, -0.2) is 0 Å². The second kappa shape index (κ2) is 5.53. The number of hydrogen-bond donors (Lipinski definition) is 1. The van der Waals surface area contributed by atoms with Crippen LogP contribution in [-0.2, 0) is 12.6 Å². The van der Waals surface area contributed by atoms with Crippen molar-refractivity contribution in [3.05, 3.63) is 48.3 Å². The van der Waals surface area contributed by atoms with Gasteiger partial charge in [0.25, 0.3) is 0 Å². The molecule has 112 valence electrons. The topological polar surface area (TPSA) is 33.1 Å². The van der Waals surface area contributed by atoms with E-state index in [2.05, 4.69) is 65.7 Å². The summed E-state index contributed by atoms with van der Waals surface area (Å²) in [5.41, 5.74) is 2.53. The average Bonchev–Trinajstić information content (AvgIpc) is 2.95. The summed E-state index contributed by atoms with van der Waals surface area (Å²) in [7, 11) is 1.98. The Bertz CT molecular complexity index is 592. The molecule has 1 fully saturated rings. The van der Waals surface area contributed by atoms with Crippen molar-refractivity contribution >= 4 is 5.69 Å². The zero-order chi connectivity index (χ0) is 14.9. The van der Waals surface area contributed by atoms with E-state index < -0.39 is 0 Å². The van der Waals surface area contributed by atoms with E-state index >= 15 is 0 Å². The lowest BCUT2D eigenvalue weighted by Crippen LogP contribution is -2.61. The molecule has 1 N–H and O–H groups in total. The Hall–Kier alpha value is -1.81. The van der Waals surface area contributed by atoms with Crippen LogP contribution in [0.1, 0.15) is 25.8 Å². The van der Waals surface area contributed by atoms with Crippen molar-refractivity contribution in [3.8, 4) is 0 Å². The third-order valence-electron chi connectivity index (χ3n) is 4.56. The molecule has 2 heterocycles. The van der Waals surface area contributed by atoms with E-state index in [1.807, 2.05) is 17.9 Å². The maximum absolute atomic E-state index is 4.34. The lowest BCUT2D eigenvalue weighted by atomic mass is 9.87. The standard InChI is InChI=1S/C17H24N4/c1-4-15-10-18-17(2,14-8-6-5-7-9-14)13-21(15)16-11-19-20(3)12-16/h5-9,11-12,15,18H,4,10,13H2,1-3H3. The summed E-state index contributed by atoms with van der Waals surface area (Å²) in [4.78, 5) is 2.50. The molecular weight excluding hydrogens is 260 g/mol. The molecule has 0 bridgehead atoms. The minimum atomic E-state index is -0.0250. The van der Waals surface area contributed by atoms with E-state index in [0.717, 1.165) is 19.5 Å². The summed E-state index contributed by atoms with van der Waals surface area (Å²) >= 11 is 0. The first-order valence-electron chi connectivity index (χ1n) is 7.68. The molecule has 1 aromatic carbocycles. The van der Waals surface area contributed by atoms with Crippen molar-refractivity contribution in [2.75, 3.05) is 18.0 Å². The van der Waals surface area contributed by atoms with Gasteiger partial charge < -0.3 is 10.2 Å². The molecule has 0 aliphatic carbocycles. The first-order valence-corrected chi connectivity index (χ1v) is 7.68. The predicted molar refractivity (Wildman–Crippen MR) is 86.4 cm³/mol. The summed E-state index contributed by atoms with van der Waals surface area (Å²) in [6, 6.07) is 11.2. The molecule has 2 aromatic rings. The van der Waals surface area contributed by atoms with Gasteiger partial charge in [0.15, 0.2) is 0 Å². The Morgan fingerprint density at radius 1 is 1.33 bits per heavy atom. The van der Waals surface area contributed by atoms with Crippen LogP contribution in [0.5, 0.6) is 0 Å². The fourth-order valence-electron chi connectivity index (χ4n) is 3.20. The Morgan fingerprint density at radius 3 is 2.71 bits per heavy atom. The Labute approximate surface area is 126 Å². The van der Waals surface area contributed by atoms with Crippen LogP contribution in [0, 0.1) is 0 Å². The van der Waals surface area contributed by atoms with Gasteiger partial charge in [0.1, 0.15) is 0 Å². The molecule has 1 aromatic heterocycles. The summed E-state index contributed by atoms with van der Waals surface area (Å²) < 4.78 is 1.88. The second-order valence-electron chi connectivity index (χ2n) is 6.14.